The van der Waals surface area contributed by atoms with Crippen LogP contribution in [-0.2, 0) is 28.4 Å². The third-order valence-electron chi connectivity index (χ3n) is 16.4. The minimum Gasteiger partial charge on any atom is -0.489 e. The molecule has 3 aliphatic rings. The number of esters is 1. The van der Waals surface area contributed by atoms with Crippen LogP contribution in [0.15, 0.2) is 168 Å². The topological polar surface area (TPSA) is 195 Å². The van der Waals surface area contributed by atoms with Gasteiger partial charge in [-0.15, -0.1) is 34.0 Å². The first-order chi connectivity index (χ1) is 45.3. The number of likely N-dealkylation sites (tertiary alicyclic amines) is 1. The number of carbonyl (C=O) groups is 6. The van der Waals surface area contributed by atoms with Crippen molar-refractivity contribution >= 4 is 174 Å². The molecule has 0 bridgehead atoms. The second kappa shape index (κ2) is 31.2. The van der Waals surface area contributed by atoms with Crippen LogP contribution in [-0.4, -0.2) is 107 Å². The molecule has 2 aliphatic heterocycles. The number of nitrogens with one attached hydrogen (secondary N) is 1. The predicted octanol–water partition coefficient (Wildman–Crippen LogP) is 17.5. The van der Waals surface area contributed by atoms with Crippen molar-refractivity contribution in [2.45, 2.75) is 89.8 Å². The highest BCUT2D eigenvalue weighted by molar-refractivity contribution is 9.10. The molecule has 3 aromatic heterocycles. The first kappa shape index (κ1) is 71.0. The molecule has 3 N–H and O–H groups in total. The molecule has 10 aromatic rings. The minimum atomic E-state index is -1.45. The van der Waals surface area contributed by atoms with Crippen LogP contribution < -0.4 is 15.5 Å². The summed E-state index contributed by atoms with van der Waals surface area (Å²) in [5, 5.41) is 26.6. The van der Waals surface area contributed by atoms with E-state index < -0.39 is 65.7 Å². The Morgan fingerprint density at radius 2 is 1.07 bits per heavy atom. The van der Waals surface area contributed by atoms with Crippen LogP contribution in [0.3, 0.4) is 0 Å². The molecule has 1 amide bonds. The van der Waals surface area contributed by atoms with Crippen molar-refractivity contribution in [2.75, 3.05) is 26.2 Å². The lowest BCUT2D eigenvalue weighted by atomic mass is 9.78. The fourth-order valence-electron chi connectivity index (χ4n) is 10.4. The van der Waals surface area contributed by atoms with Crippen LogP contribution in [0.4, 0.5) is 0 Å². The van der Waals surface area contributed by atoms with E-state index in [9.17, 15) is 33.9 Å². The highest BCUT2D eigenvalue weighted by atomic mass is 79.9. The monoisotopic (exact) mass is 1470 g/mol. The van der Waals surface area contributed by atoms with E-state index >= 15 is 0 Å². The number of halogens is 5. The van der Waals surface area contributed by atoms with Crippen molar-refractivity contribution in [1.29, 1.82) is 0 Å². The Morgan fingerprint density at radius 3 is 1.56 bits per heavy atom. The van der Waals surface area contributed by atoms with Crippen molar-refractivity contribution in [1.82, 2.24) is 10.2 Å². The smallest absolute Gasteiger partial charge is 0.489 e. The molecular formula is C72H64BBrCl4N2O12S3. The number of carboxylic acids is 1. The lowest BCUT2D eigenvalue weighted by molar-refractivity contribution is -0.137. The summed E-state index contributed by atoms with van der Waals surface area (Å²) in [6.45, 7) is 11.9. The molecule has 23 heteroatoms. The van der Waals surface area contributed by atoms with Crippen LogP contribution in [0.2, 0.25) is 18.0 Å². The molecule has 5 heterocycles. The number of carboxylic acid groups (broad SMARTS) is 1. The number of aliphatic hydroxyl groups is 1. The third-order valence-corrected chi connectivity index (χ3v) is 20.9. The summed E-state index contributed by atoms with van der Waals surface area (Å²) in [6.07, 6.45) is 3.31. The summed E-state index contributed by atoms with van der Waals surface area (Å²) >= 11 is 32.5. The maximum Gasteiger partial charge on any atom is 0.494 e. The largest absolute Gasteiger partial charge is 0.494 e. The molecule has 490 valence electrons. The average Bonchev–Trinajstić information content (AvgIpc) is 1.64. The van der Waals surface area contributed by atoms with Crippen LogP contribution in [0, 0.1) is 0 Å². The zero-order chi connectivity index (χ0) is 67.9. The van der Waals surface area contributed by atoms with E-state index in [1.165, 1.54) is 44.9 Å². The lowest BCUT2D eigenvalue weighted by Gasteiger charge is -2.32. The Kier molecular flexibility index (Phi) is 23.3. The number of thiophene rings is 3. The highest BCUT2D eigenvalue weighted by Gasteiger charge is 2.51. The van der Waals surface area contributed by atoms with Crippen LogP contribution in [0.5, 0.6) is 5.75 Å². The van der Waals surface area contributed by atoms with Gasteiger partial charge in [0.05, 0.1) is 48.0 Å². The van der Waals surface area contributed by atoms with E-state index in [2.05, 4.69) is 44.3 Å². The second-order valence-corrected chi connectivity index (χ2v) is 30.2. The Bertz CT molecular complexity index is 4460. The van der Waals surface area contributed by atoms with E-state index in [1.54, 1.807) is 85.0 Å². The number of fused-ring (bicyclic) bond motifs is 3. The van der Waals surface area contributed by atoms with Gasteiger partial charge in [0.25, 0.3) is 17.5 Å². The Morgan fingerprint density at radius 1 is 0.611 bits per heavy atom. The minimum absolute atomic E-state index is 0.172. The van der Waals surface area contributed by atoms with Gasteiger partial charge in [0.2, 0.25) is 5.78 Å². The highest BCUT2D eigenvalue weighted by Crippen LogP contribution is 2.39. The van der Waals surface area contributed by atoms with Crippen molar-refractivity contribution in [3.63, 3.8) is 0 Å². The number of benzene rings is 7. The number of amides is 1. The molecule has 0 radical (unpaired) electrons. The van der Waals surface area contributed by atoms with Crippen molar-refractivity contribution in [3.05, 3.63) is 209 Å². The number of hydrogen-bond acceptors (Lipinski definition) is 15. The second-order valence-electron chi connectivity index (χ2n) is 23.8. The first-order valence-electron chi connectivity index (χ1n) is 30.4. The summed E-state index contributed by atoms with van der Waals surface area (Å²) in [6, 6.07) is 48.7. The standard InChI is InChI=1S/C32H30Cl2N2O4S.C16H21BO5.C16H9ClO3S.C8H4BrClS/c33-25-16-22(7-11-27(25)40-24-9-10-24)30(37)26(18-36-13-1-2-14-36)35-32(39)31(38)20-5-3-19(4-6-20)21-8-12-28-23(15-21)17-29(34)41-28;1-6-20-14(19)13(18)11-7-9-12(10-8-11)17-21-15(2,3)16(4,5)22-17;17-14-8-12-7-11(5-6-13(12)21-14)9-1-3-10(4-2-9)15(18)16(19)20;9-6-1-2-7-5(3-6)4-8(10)11-7/h3-8,11-12,15-17,24,26,30,37H,1-2,9-10,13-14,18H2,(H,35,39);7-10H,6H2,1-5H3;1-8H,(H,19,20);1-4H/t26-,30-;;;/m1.../s1. The molecule has 14 nitrogen and oxygen atoms in total. The van der Waals surface area contributed by atoms with Gasteiger partial charge in [-0.3, -0.25) is 19.2 Å². The van der Waals surface area contributed by atoms with E-state index in [-0.39, 0.29) is 23.8 Å². The van der Waals surface area contributed by atoms with E-state index in [1.807, 2.05) is 94.4 Å². The summed E-state index contributed by atoms with van der Waals surface area (Å²) in [5.41, 5.74) is 5.11. The molecule has 2 atom stereocenters. The molecule has 0 unspecified atom stereocenters. The summed E-state index contributed by atoms with van der Waals surface area (Å²) in [5.74, 6) is -4.66. The average molecular weight is 1480 g/mol. The molecule has 95 heavy (non-hydrogen) atoms. The SMILES string of the molecule is CCOC(=O)C(=O)c1ccc(B2OC(C)(C)C(C)(C)O2)cc1.Clc1cc2cc(Br)ccc2s1.O=C(N[C@H](CN1CCCC1)[C@H](O)c1ccc(OC2CC2)c(Cl)c1)C(=O)c1ccc(-c2ccc3sc(Cl)cc3c2)cc1.O=C(O)C(=O)c1ccc(-c2ccc3sc(Cl)cc3c2)cc1. The number of aliphatic carboxylic acids is 1. The Balaban J connectivity index is 0.000000153. The number of ether oxygens (including phenoxy) is 2. The number of aliphatic hydroxyl groups excluding tert-OH is 1. The van der Waals surface area contributed by atoms with Crippen molar-refractivity contribution in [2.24, 2.45) is 0 Å². The maximum atomic E-state index is 13.2. The van der Waals surface area contributed by atoms with Gasteiger partial charge < -0.3 is 39.2 Å². The first-order valence-corrected chi connectivity index (χ1v) is 35.2. The number of nitrogens with zero attached hydrogens (tertiary/aromatic N) is 1. The van der Waals surface area contributed by atoms with Crippen LogP contribution in [0.25, 0.3) is 52.5 Å². The van der Waals surface area contributed by atoms with Gasteiger partial charge >= 0.3 is 19.1 Å². The maximum absolute atomic E-state index is 13.2. The van der Waals surface area contributed by atoms with Gasteiger partial charge in [-0.1, -0.05) is 153 Å². The van der Waals surface area contributed by atoms with Crippen LogP contribution >= 0.6 is 96.3 Å². The molecule has 1 saturated carbocycles. The third kappa shape index (κ3) is 18.1. The molecule has 2 saturated heterocycles. The van der Waals surface area contributed by atoms with Gasteiger partial charge in [-0.2, -0.15) is 0 Å². The molecular weight excluding hydrogens is 1410 g/mol. The van der Waals surface area contributed by atoms with Crippen molar-refractivity contribution in [3.8, 4) is 28.0 Å². The molecule has 3 fully saturated rings. The lowest BCUT2D eigenvalue weighted by Crippen LogP contribution is -2.48. The van der Waals surface area contributed by atoms with E-state index in [4.69, 9.17) is 70.3 Å². The van der Waals surface area contributed by atoms with Gasteiger partial charge in [0.15, 0.2) is 0 Å². The van der Waals surface area contributed by atoms with E-state index in [0.717, 1.165) is 104 Å². The molecule has 0 spiro atoms. The fraction of sp³-hybridized carbons (Fsp3) is 0.250. The van der Waals surface area contributed by atoms with Crippen molar-refractivity contribution < 1.29 is 57.8 Å². The normalized spacial score (nSPS) is 15.3. The Labute approximate surface area is 590 Å². The predicted molar refractivity (Wildman–Crippen MR) is 386 cm³/mol. The van der Waals surface area contributed by atoms with Gasteiger partial charge in [0.1, 0.15) is 11.9 Å². The van der Waals surface area contributed by atoms with E-state index in [0.29, 0.717) is 28.4 Å². The molecule has 1 aliphatic carbocycles. The number of hydrogen-bond donors (Lipinski definition) is 3. The number of rotatable bonds is 17. The fourth-order valence-corrected chi connectivity index (χ4v) is 14.4. The molecule has 7 aromatic carbocycles. The van der Waals surface area contributed by atoms with Gasteiger partial charge in [-0.25, -0.2) is 9.59 Å². The zero-order valence-corrected chi connectivity index (χ0v) is 59.2. The van der Waals surface area contributed by atoms with Gasteiger partial charge in [0, 0.05) is 41.8 Å². The Hall–Kier alpha value is -6.82. The summed E-state index contributed by atoms with van der Waals surface area (Å²) < 4.78 is 29.3. The zero-order valence-electron chi connectivity index (χ0n) is 52.1. The summed E-state index contributed by atoms with van der Waals surface area (Å²) in [7, 11) is -0.489. The number of ketones is 3. The van der Waals surface area contributed by atoms with Crippen LogP contribution in [0.1, 0.15) is 103 Å². The number of carbonyl (C=O) groups excluding carboxylic acids is 5. The quantitative estimate of drug-likeness (QED) is 0.0337. The van der Waals surface area contributed by atoms with Gasteiger partial charge in [-0.05, 0) is 196 Å². The molecule has 13 rings (SSSR count). The summed E-state index contributed by atoms with van der Waals surface area (Å²) in [4.78, 5) is 73.8. The number of Topliss-reactive ketones (excluding diaryl/α,β-unsaturated/α-hetero) is 3.